The number of fused-ring (bicyclic) bond motifs is 2. The summed E-state index contributed by atoms with van der Waals surface area (Å²) in [6.07, 6.45) is 1.11. The third-order valence-electron chi connectivity index (χ3n) is 7.82. The monoisotopic (exact) mass is 585 g/mol. The van der Waals surface area contributed by atoms with Crippen LogP contribution in [0.1, 0.15) is 45.4 Å². The topological polar surface area (TPSA) is 107 Å². The van der Waals surface area contributed by atoms with Crippen LogP contribution in [0.15, 0.2) is 36.4 Å². The zero-order valence-corrected chi connectivity index (χ0v) is 26.2. The molecular weight excluding hydrogens is 542 g/mol. The Bertz CT molecular complexity index is 1510. The Labute approximate surface area is 254 Å². The number of carbonyl (C=O) groups excluding carboxylic acids is 1. The number of nitrogens with one attached hydrogen (secondary N) is 1. The number of aromatic nitrogens is 2. The highest BCUT2D eigenvalue weighted by Gasteiger charge is 2.30. The molecular formula is C33H43N7O3. The minimum atomic E-state index is -0.612. The lowest BCUT2D eigenvalue weighted by Crippen LogP contribution is -2.51. The number of nitriles is 1. The van der Waals surface area contributed by atoms with Gasteiger partial charge in [-0.1, -0.05) is 24.3 Å². The Hall–Kier alpha value is -3.94. The Balaban J connectivity index is 1.52. The van der Waals surface area contributed by atoms with Crippen molar-refractivity contribution in [2.75, 3.05) is 56.6 Å². The fourth-order valence-electron chi connectivity index (χ4n) is 5.75. The first-order valence-corrected chi connectivity index (χ1v) is 15.1. The summed E-state index contributed by atoms with van der Waals surface area (Å²) < 4.78 is 12.1. The quantitative estimate of drug-likeness (QED) is 0.306. The molecule has 0 radical (unpaired) electrons. The predicted octanol–water partition coefficient (Wildman–Crippen LogP) is 4.16. The van der Waals surface area contributed by atoms with Gasteiger partial charge in [0.25, 0.3) is 0 Å². The molecule has 3 heterocycles. The SMILES string of the molecule is CC(CN(C)C)Oc1nc2c(c(N3CCNC(CC#N)C3)n1)CCN(c1cc(OC(=O)C(C)(C)C)cc3ccccc13)C2. The van der Waals surface area contributed by atoms with E-state index in [1.54, 1.807) is 0 Å². The Kier molecular flexibility index (Phi) is 9.04. The van der Waals surface area contributed by atoms with Crippen molar-refractivity contribution in [1.82, 2.24) is 20.2 Å². The van der Waals surface area contributed by atoms with E-state index in [0.717, 1.165) is 66.1 Å². The van der Waals surface area contributed by atoms with Gasteiger partial charge in [-0.3, -0.25) is 4.79 Å². The summed E-state index contributed by atoms with van der Waals surface area (Å²) in [5, 5.41) is 14.9. The first-order chi connectivity index (χ1) is 20.5. The molecule has 43 heavy (non-hydrogen) atoms. The van der Waals surface area contributed by atoms with Crippen molar-refractivity contribution in [1.29, 1.82) is 5.26 Å². The van der Waals surface area contributed by atoms with Crippen molar-refractivity contribution < 1.29 is 14.3 Å². The maximum atomic E-state index is 12.8. The number of esters is 1. The van der Waals surface area contributed by atoms with Crippen LogP contribution >= 0.6 is 0 Å². The number of anilines is 2. The van der Waals surface area contributed by atoms with Gasteiger partial charge < -0.3 is 29.5 Å². The van der Waals surface area contributed by atoms with Crippen LogP contribution in [0.2, 0.25) is 0 Å². The van der Waals surface area contributed by atoms with Gasteiger partial charge in [0.2, 0.25) is 0 Å². The number of hydrogen-bond acceptors (Lipinski definition) is 10. The third kappa shape index (κ3) is 7.17. The Morgan fingerprint density at radius 3 is 2.72 bits per heavy atom. The molecule has 2 aliphatic rings. The molecule has 0 amide bonds. The van der Waals surface area contributed by atoms with Crippen LogP contribution in [0.5, 0.6) is 11.8 Å². The number of carbonyl (C=O) groups is 1. The summed E-state index contributed by atoms with van der Waals surface area (Å²) >= 11 is 0. The summed E-state index contributed by atoms with van der Waals surface area (Å²) in [6.45, 7) is 12.0. The van der Waals surface area contributed by atoms with Crippen molar-refractivity contribution in [3.8, 4) is 17.8 Å². The lowest BCUT2D eigenvalue weighted by atomic mass is 9.97. The largest absolute Gasteiger partial charge is 0.459 e. The molecule has 10 nitrogen and oxygen atoms in total. The standard InChI is InChI=1S/C33H43N7O3/c1-22(19-38(5)6)42-32-36-28-21-39(15-12-27(28)30(37-32)40-16-14-35-24(20-40)11-13-34)29-18-25(43-31(41)33(2,3)4)17-23-9-7-8-10-26(23)29/h7-10,17-18,22,24,35H,11-12,14-16,19-21H2,1-6H3. The molecule has 2 unspecified atom stereocenters. The fraction of sp³-hybridized carbons (Fsp3) is 0.515. The van der Waals surface area contributed by atoms with Crippen LogP contribution in [-0.2, 0) is 17.8 Å². The van der Waals surface area contributed by atoms with Crippen LogP contribution < -0.4 is 24.6 Å². The summed E-state index contributed by atoms with van der Waals surface area (Å²) in [4.78, 5) is 29.3. The maximum absolute atomic E-state index is 12.8. The first kappa shape index (κ1) is 30.5. The number of hydrogen-bond donors (Lipinski definition) is 1. The third-order valence-corrected chi connectivity index (χ3v) is 7.82. The zero-order valence-electron chi connectivity index (χ0n) is 26.2. The highest BCUT2D eigenvalue weighted by molar-refractivity contribution is 5.96. The van der Waals surface area contributed by atoms with Gasteiger partial charge in [-0.05, 0) is 59.7 Å². The molecule has 2 aromatic carbocycles. The van der Waals surface area contributed by atoms with Crippen LogP contribution in [0, 0.1) is 16.7 Å². The first-order valence-electron chi connectivity index (χ1n) is 15.1. The van der Waals surface area contributed by atoms with Crippen LogP contribution in [0.4, 0.5) is 11.5 Å². The van der Waals surface area contributed by atoms with Gasteiger partial charge in [0, 0.05) is 61.5 Å². The molecule has 2 aliphatic heterocycles. The molecule has 0 aliphatic carbocycles. The van der Waals surface area contributed by atoms with Crippen molar-refractivity contribution >= 4 is 28.2 Å². The Morgan fingerprint density at radius 2 is 1.98 bits per heavy atom. The average molecular weight is 586 g/mol. The van der Waals surface area contributed by atoms with Gasteiger partial charge in [0.1, 0.15) is 17.7 Å². The van der Waals surface area contributed by atoms with E-state index in [-0.39, 0.29) is 18.1 Å². The number of ether oxygens (including phenoxy) is 2. The van der Waals surface area contributed by atoms with Gasteiger partial charge in [-0.2, -0.15) is 15.2 Å². The molecule has 0 saturated carbocycles. The van der Waals surface area contributed by atoms with Crippen LogP contribution in [-0.4, -0.2) is 79.8 Å². The van der Waals surface area contributed by atoms with Gasteiger partial charge in [0.15, 0.2) is 0 Å². The number of likely N-dealkylation sites (N-methyl/N-ethyl adjacent to an activating group) is 1. The van der Waals surface area contributed by atoms with E-state index in [0.29, 0.717) is 31.3 Å². The van der Waals surface area contributed by atoms with E-state index >= 15 is 0 Å². The highest BCUT2D eigenvalue weighted by atomic mass is 16.5. The average Bonchev–Trinajstić information content (AvgIpc) is 2.95. The zero-order chi connectivity index (χ0) is 30.7. The molecule has 1 saturated heterocycles. The van der Waals surface area contributed by atoms with Gasteiger partial charge in [-0.15, -0.1) is 0 Å². The van der Waals surface area contributed by atoms with Crippen LogP contribution in [0.3, 0.4) is 0 Å². The molecule has 0 bridgehead atoms. The molecule has 228 valence electrons. The Morgan fingerprint density at radius 1 is 1.19 bits per heavy atom. The van der Waals surface area contributed by atoms with Crippen LogP contribution in [0.25, 0.3) is 10.8 Å². The molecule has 1 N–H and O–H groups in total. The van der Waals surface area contributed by atoms with Crippen molar-refractivity contribution in [2.45, 2.75) is 59.2 Å². The van der Waals surface area contributed by atoms with Crippen molar-refractivity contribution in [3.05, 3.63) is 47.7 Å². The minimum Gasteiger partial charge on any atom is -0.459 e. The van der Waals surface area contributed by atoms with E-state index < -0.39 is 5.41 Å². The second kappa shape index (κ2) is 12.7. The molecule has 10 heteroatoms. The number of rotatable bonds is 8. The van der Waals surface area contributed by atoms with Gasteiger partial charge in [-0.25, -0.2) is 0 Å². The lowest BCUT2D eigenvalue weighted by molar-refractivity contribution is -0.142. The van der Waals surface area contributed by atoms with Crippen molar-refractivity contribution in [2.24, 2.45) is 5.41 Å². The van der Waals surface area contributed by atoms with E-state index in [4.69, 9.17) is 19.4 Å². The summed E-state index contributed by atoms with van der Waals surface area (Å²) in [5.41, 5.74) is 2.45. The molecule has 2 atom stereocenters. The molecule has 5 rings (SSSR count). The maximum Gasteiger partial charge on any atom is 0.318 e. The van der Waals surface area contributed by atoms with Gasteiger partial charge in [0.05, 0.1) is 30.1 Å². The molecule has 1 fully saturated rings. The smallest absolute Gasteiger partial charge is 0.318 e. The fourth-order valence-corrected chi connectivity index (χ4v) is 5.75. The molecule has 1 aromatic heterocycles. The normalized spacial score (nSPS) is 17.9. The molecule has 0 spiro atoms. The number of piperazine rings is 1. The summed E-state index contributed by atoms with van der Waals surface area (Å²) in [7, 11) is 4.04. The minimum absolute atomic E-state index is 0.0893. The van der Waals surface area contributed by atoms with E-state index in [9.17, 15) is 10.1 Å². The summed E-state index contributed by atoms with van der Waals surface area (Å²) in [6, 6.07) is 14.8. The van der Waals surface area contributed by atoms with Crippen molar-refractivity contribution in [3.63, 3.8) is 0 Å². The number of benzene rings is 2. The second-order valence-electron chi connectivity index (χ2n) is 12.9. The summed E-state index contributed by atoms with van der Waals surface area (Å²) in [5.74, 6) is 1.17. The second-order valence-corrected chi connectivity index (χ2v) is 12.9. The van der Waals surface area contributed by atoms with E-state index in [1.165, 1.54) is 0 Å². The number of nitrogens with zero attached hydrogens (tertiary/aromatic N) is 6. The van der Waals surface area contributed by atoms with E-state index in [1.807, 2.05) is 72.1 Å². The predicted molar refractivity (Wildman–Crippen MR) is 169 cm³/mol. The lowest BCUT2D eigenvalue weighted by Gasteiger charge is -2.37. The highest BCUT2D eigenvalue weighted by Crippen LogP contribution is 2.37. The molecule has 3 aromatic rings. The van der Waals surface area contributed by atoms with Gasteiger partial charge >= 0.3 is 12.0 Å². The van der Waals surface area contributed by atoms with E-state index in [2.05, 4.69) is 32.2 Å².